The van der Waals surface area contributed by atoms with E-state index in [0.29, 0.717) is 53.8 Å². The Hall–Kier alpha value is -4.20. The van der Waals surface area contributed by atoms with Gasteiger partial charge < -0.3 is 29.2 Å². The lowest BCUT2D eigenvalue weighted by atomic mass is 10.1. The van der Waals surface area contributed by atoms with Crippen LogP contribution in [0, 0.1) is 6.92 Å². The molecule has 0 bridgehead atoms. The highest BCUT2D eigenvalue weighted by Gasteiger charge is 2.26. The Kier molecular flexibility index (Phi) is 7.40. The van der Waals surface area contributed by atoms with Crippen molar-refractivity contribution in [2.24, 2.45) is 0 Å². The van der Waals surface area contributed by atoms with Crippen molar-refractivity contribution >= 4 is 23.2 Å². The third kappa shape index (κ3) is 5.66. The molecule has 0 aromatic heterocycles. The van der Waals surface area contributed by atoms with E-state index >= 15 is 0 Å². The molecule has 182 valence electrons. The number of anilines is 2. The topological polar surface area (TPSA) is 86.3 Å². The van der Waals surface area contributed by atoms with E-state index in [-0.39, 0.29) is 18.4 Å². The average Bonchev–Trinajstić information content (AvgIpc) is 2.87. The summed E-state index contributed by atoms with van der Waals surface area (Å²) in [6.07, 6.45) is 0.640. The van der Waals surface area contributed by atoms with Crippen molar-refractivity contribution in [3.05, 3.63) is 71.8 Å². The largest absolute Gasteiger partial charge is 0.494 e. The SMILES string of the molecule is COc1ccc(C(=O)Nc2ccc3c(c2)N(CCCOc2cccc(C)c2)C(=O)CO3)cc1OC. The van der Waals surface area contributed by atoms with E-state index in [0.717, 1.165) is 11.3 Å². The van der Waals surface area contributed by atoms with Crippen LogP contribution in [0.15, 0.2) is 60.7 Å². The van der Waals surface area contributed by atoms with Crippen molar-refractivity contribution in [1.29, 1.82) is 0 Å². The van der Waals surface area contributed by atoms with Gasteiger partial charge in [-0.3, -0.25) is 9.59 Å². The number of carbonyl (C=O) groups is 2. The van der Waals surface area contributed by atoms with Crippen molar-refractivity contribution < 1.29 is 28.5 Å². The summed E-state index contributed by atoms with van der Waals surface area (Å²) in [7, 11) is 3.05. The van der Waals surface area contributed by atoms with Gasteiger partial charge in [0.2, 0.25) is 0 Å². The van der Waals surface area contributed by atoms with Crippen LogP contribution in [0.4, 0.5) is 11.4 Å². The Labute approximate surface area is 204 Å². The number of amides is 2. The van der Waals surface area contributed by atoms with Crippen molar-refractivity contribution in [2.45, 2.75) is 13.3 Å². The fourth-order valence-electron chi connectivity index (χ4n) is 3.82. The highest BCUT2D eigenvalue weighted by molar-refractivity contribution is 6.05. The lowest BCUT2D eigenvalue weighted by Gasteiger charge is -2.30. The van der Waals surface area contributed by atoms with Gasteiger partial charge in [-0.2, -0.15) is 0 Å². The molecule has 0 atom stereocenters. The molecule has 3 aromatic rings. The number of rotatable bonds is 9. The summed E-state index contributed by atoms with van der Waals surface area (Å²) in [5.41, 5.74) is 2.70. The Morgan fingerprint density at radius 3 is 2.63 bits per heavy atom. The van der Waals surface area contributed by atoms with Crippen LogP contribution in [0.3, 0.4) is 0 Å². The van der Waals surface area contributed by atoms with E-state index in [1.165, 1.54) is 14.2 Å². The lowest BCUT2D eigenvalue weighted by molar-refractivity contribution is -0.121. The predicted octanol–water partition coefficient (Wildman–Crippen LogP) is 4.46. The van der Waals surface area contributed by atoms with Crippen LogP contribution < -0.4 is 29.2 Å². The Bertz CT molecular complexity index is 1230. The van der Waals surface area contributed by atoms with Gasteiger partial charge in [-0.25, -0.2) is 0 Å². The lowest BCUT2D eigenvalue weighted by Crippen LogP contribution is -2.39. The molecule has 1 aliphatic rings. The van der Waals surface area contributed by atoms with Gasteiger partial charge in [-0.1, -0.05) is 12.1 Å². The van der Waals surface area contributed by atoms with Gasteiger partial charge in [0.15, 0.2) is 18.1 Å². The van der Waals surface area contributed by atoms with Gasteiger partial charge in [0, 0.05) is 17.8 Å². The molecule has 8 heteroatoms. The minimum atomic E-state index is -0.313. The fourth-order valence-corrected chi connectivity index (χ4v) is 3.82. The molecular weight excluding hydrogens is 448 g/mol. The summed E-state index contributed by atoms with van der Waals surface area (Å²) in [4.78, 5) is 27.1. The van der Waals surface area contributed by atoms with Crippen LogP contribution in [0.2, 0.25) is 0 Å². The first-order valence-corrected chi connectivity index (χ1v) is 11.3. The smallest absolute Gasteiger partial charge is 0.265 e. The first-order valence-electron chi connectivity index (χ1n) is 11.3. The van der Waals surface area contributed by atoms with E-state index in [1.807, 2.05) is 31.2 Å². The number of carbonyl (C=O) groups excluding carboxylic acids is 2. The van der Waals surface area contributed by atoms with Crippen LogP contribution in [0.25, 0.3) is 0 Å². The van der Waals surface area contributed by atoms with E-state index in [4.69, 9.17) is 18.9 Å². The van der Waals surface area contributed by atoms with Gasteiger partial charge in [0.05, 0.1) is 26.5 Å². The molecule has 0 aliphatic carbocycles. The van der Waals surface area contributed by atoms with Crippen molar-refractivity contribution in [1.82, 2.24) is 0 Å². The van der Waals surface area contributed by atoms with E-state index in [1.54, 1.807) is 41.3 Å². The monoisotopic (exact) mass is 476 g/mol. The van der Waals surface area contributed by atoms with Crippen LogP contribution >= 0.6 is 0 Å². The normalized spacial score (nSPS) is 12.4. The minimum Gasteiger partial charge on any atom is -0.494 e. The Morgan fingerprint density at radius 1 is 1.03 bits per heavy atom. The second-order valence-corrected chi connectivity index (χ2v) is 8.06. The number of hydrogen-bond acceptors (Lipinski definition) is 6. The molecular formula is C27H28N2O6. The summed E-state index contributed by atoms with van der Waals surface area (Å²) in [5.74, 6) is 1.94. The first-order chi connectivity index (χ1) is 17.0. The van der Waals surface area contributed by atoms with Crippen molar-refractivity contribution in [3.8, 4) is 23.0 Å². The van der Waals surface area contributed by atoms with Crippen LogP contribution in [0.1, 0.15) is 22.3 Å². The highest BCUT2D eigenvalue weighted by atomic mass is 16.5. The van der Waals surface area contributed by atoms with Gasteiger partial charge in [-0.05, 0) is 67.4 Å². The van der Waals surface area contributed by atoms with Gasteiger partial charge in [-0.15, -0.1) is 0 Å². The summed E-state index contributed by atoms with van der Waals surface area (Å²) in [6.45, 7) is 2.92. The van der Waals surface area contributed by atoms with Crippen LogP contribution in [0.5, 0.6) is 23.0 Å². The Balaban J connectivity index is 1.44. The highest BCUT2D eigenvalue weighted by Crippen LogP contribution is 2.35. The minimum absolute atomic E-state index is 0.0247. The molecule has 0 saturated heterocycles. The van der Waals surface area contributed by atoms with Crippen molar-refractivity contribution in [3.63, 3.8) is 0 Å². The summed E-state index contributed by atoms with van der Waals surface area (Å²) < 4.78 is 21.9. The van der Waals surface area contributed by atoms with Crippen LogP contribution in [-0.2, 0) is 4.79 Å². The molecule has 0 fully saturated rings. The second-order valence-electron chi connectivity index (χ2n) is 8.06. The molecule has 0 radical (unpaired) electrons. The molecule has 4 rings (SSSR count). The standard InChI is InChI=1S/C27H28N2O6/c1-18-6-4-7-21(14-18)34-13-5-12-29-22-16-20(9-11-23(22)35-17-26(29)30)28-27(31)19-8-10-24(32-2)25(15-19)33-3/h4,6-11,14-16H,5,12-13,17H2,1-3H3,(H,28,31). The molecule has 1 heterocycles. The number of methoxy groups -OCH3 is 2. The zero-order chi connectivity index (χ0) is 24.8. The quantitative estimate of drug-likeness (QED) is 0.459. The molecule has 2 amide bonds. The molecule has 0 saturated carbocycles. The number of nitrogens with one attached hydrogen (secondary N) is 1. The zero-order valence-corrected chi connectivity index (χ0v) is 20.0. The number of aryl methyl sites for hydroxylation is 1. The maximum absolute atomic E-state index is 12.8. The zero-order valence-electron chi connectivity index (χ0n) is 20.0. The number of nitrogens with zero attached hydrogens (tertiary/aromatic N) is 1. The fraction of sp³-hybridized carbons (Fsp3) is 0.259. The number of benzene rings is 3. The molecule has 0 spiro atoms. The maximum atomic E-state index is 12.8. The first kappa shape index (κ1) is 23.9. The number of ether oxygens (including phenoxy) is 4. The molecule has 3 aromatic carbocycles. The molecule has 1 aliphatic heterocycles. The average molecular weight is 477 g/mol. The summed E-state index contributed by atoms with van der Waals surface area (Å²) in [5, 5.41) is 2.87. The molecule has 8 nitrogen and oxygen atoms in total. The number of fused-ring (bicyclic) bond motifs is 1. The van der Waals surface area contributed by atoms with Crippen LogP contribution in [-0.4, -0.2) is 45.8 Å². The predicted molar refractivity (Wildman–Crippen MR) is 133 cm³/mol. The summed E-state index contributed by atoms with van der Waals surface area (Å²) in [6, 6.07) is 18.0. The second kappa shape index (κ2) is 10.8. The molecule has 1 N–H and O–H groups in total. The van der Waals surface area contributed by atoms with Gasteiger partial charge in [0.25, 0.3) is 11.8 Å². The van der Waals surface area contributed by atoms with E-state index < -0.39 is 0 Å². The van der Waals surface area contributed by atoms with E-state index in [2.05, 4.69) is 5.32 Å². The summed E-state index contributed by atoms with van der Waals surface area (Å²) >= 11 is 0. The van der Waals surface area contributed by atoms with Gasteiger partial charge in [0.1, 0.15) is 11.5 Å². The van der Waals surface area contributed by atoms with Gasteiger partial charge >= 0.3 is 0 Å². The third-order valence-electron chi connectivity index (χ3n) is 5.59. The Morgan fingerprint density at radius 2 is 1.86 bits per heavy atom. The molecule has 35 heavy (non-hydrogen) atoms. The van der Waals surface area contributed by atoms with E-state index in [9.17, 15) is 9.59 Å². The third-order valence-corrected chi connectivity index (χ3v) is 5.59. The number of hydrogen-bond donors (Lipinski definition) is 1. The van der Waals surface area contributed by atoms with Crippen molar-refractivity contribution in [2.75, 3.05) is 44.2 Å². The molecule has 0 unspecified atom stereocenters. The maximum Gasteiger partial charge on any atom is 0.265 e.